The van der Waals surface area contributed by atoms with Gasteiger partial charge in [0.2, 0.25) is 0 Å². The van der Waals surface area contributed by atoms with Crippen LogP contribution in [0.25, 0.3) is 0 Å². The molecule has 6 heteroatoms. The molecule has 98 valence electrons. The Morgan fingerprint density at radius 3 is 2.83 bits per heavy atom. The van der Waals surface area contributed by atoms with Gasteiger partial charge in [-0.1, -0.05) is 0 Å². The number of hydrogen-bond acceptors (Lipinski definition) is 4. The van der Waals surface area contributed by atoms with Gasteiger partial charge in [0.25, 0.3) is 0 Å². The van der Waals surface area contributed by atoms with Gasteiger partial charge in [0.15, 0.2) is 11.6 Å². The third-order valence-electron chi connectivity index (χ3n) is 3.16. The van der Waals surface area contributed by atoms with Crippen LogP contribution >= 0.6 is 0 Å². The van der Waals surface area contributed by atoms with Gasteiger partial charge in [-0.25, -0.2) is 4.39 Å². The molecule has 5 nitrogen and oxygen atoms in total. The van der Waals surface area contributed by atoms with Crippen molar-refractivity contribution in [2.75, 3.05) is 13.7 Å². The van der Waals surface area contributed by atoms with Crippen LogP contribution in [0.5, 0.6) is 11.5 Å². The SMILES string of the molecule is COc1cc(O)c(C2CC(C(=O)O)CN2)cc1F. The van der Waals surface area contributed by atoms with Crippen LogP contribution in [0.2, 0.25) is 0 Å². The Kier molecular flexibility index (Phi) is 3.38. The standard InChI is InChI=1S/C12H14FNO4/c1-18-11-4-10(15)7(3-8(11)13)9-2-6(5-14-9)12(16)17/h3-4,6,9,14-15H,2,5H2,1H3,(H,16,17). The number of rotatable bonds is 3. The molecule has 1 aromatic rings. The van der Waals surface area contributed by atoms with Crippen molar-refractivity contribution in [2.24, 2.45) is 5.92 Å². The van der Waals surface area contributed by atoms with E-state index in [0.717, 1.165) is 0 Å². The molecule has 2 rings (SSSR count). The summed E-state index contributed by atoms with van der Waals surface area (Å²) in [5.74, 6) is -2.12. The van der Waals surface area contributed by atoms with Crippen molar-refractivity contribution in [3.8, 4) is 11.5 Å². The van der Waals surface area contributed by atoms with Crippen LogP contribution in [0.15, 0.2) is 12.1 Å². The molecule has 0 aromatic heterocycles. The zero-order chi connectivity index (χ0) is 13.3. The molecular weight excluding hydrogens is 241 g/mol. The monoisotopic (exact) mass is 255 g/mol. The minimum absolute atomic E-state index is 0.0379. The highest BCUT2D eigenvalue weighted by atomic mass is 19.1. The van der Waals surface area contributed by atoms with Gasteiger partial charge < -0.3 is 20.3 Å². The molecule has 1 aliphatic rings. The fourth-order valence-corrected chi connectivity index (χ4v) is 2.15. The van der Waals surface area contributed by atoms with Gasteiger partial charge in [-0.2, -0.15) is 0 Å². The zero-order valence-corrected chi connectivity index (χ0v) is 9.81. The van der Waals surface area contributed by atoms with E-state index in [4.69, 9.17) is 9.84 Å². The number of benzene rings is 1. The number of carboxylic acid groups (broad SMARTS) is 1. The first-order valence-electron chi connectivity index (χ1n) is 5.55. The number of aromatic hydroxyl groups is 1. The van der Waals surface area contributed by atoms with Crippen LogP contribution in [0, 0.1) is 11.7 Å². The molecule has 0 aliphatic carbocycles. The maximum atomic E-state index is 13.6. The summed E-state index contributed by atoms with van der Waals surface area (Å²) in [6.07, 6.45) is 0.328. The van der Waals surface area contributed by atoms with Gasteiger partial charge >= 0.3 is 5.97 Å². The molecular formula is C12H14FNO4. The third kappa shape index (κ3) is 2.24. The Hall–Kier alpha value is -1.82. The molecule has 1 fully saturated rings. The molecule has 0 bridgehead atoms. The maximum Gasteiger partial charge on any atom is 0.307 e. The largest absolute Gasteiger partial charge is 0.507 e. The van der Waals surface area contributed by atoms with Crippen LogP contribution in [0.4, 0.5) is 4.39 Å². The molecule has 0 saturated carbocycles. The van der Waals surface area contributed by atoms with E-state index in [9.17, 15) is 14.3 Å². The van der Waals surface area contributed by atoms with Gasteiger partial charge in [-0.15, -0.1) is 0 Å². The van der Waals surface area contributed by atoms with Crippen molar-refractivity contribution in [3.05, 3.63) is 23.5 Å². The molecule has 0 amide bonds. The quantitative estimate of drug-likeness (QED) is 0.758. The number of carboxylic acids is 1. The minimum atomic E-state index is -0.890. The predicted molar refractivity (Wildman–Crippen MR) is 61.1 cm³/mol. The second-order valence-electron chi connectivity index (χ2n) is 4.28. The number of hydrogen-bond donors (Lipinski definition) is 3. The highest BCUT2D eigenvalue weighted by Crippen LogP contribution is 2.36. The number of ether oxygens (including phenoxy) is 1. The van der Waals surface area contributed by atoms with Crippen LogP contribution in [0.1, 0.15) is 18.0 Å². The molecule has 1 aliphatic heterocycles. The van der Waals surface area contributed by atoms with Gasteiger partial charge in [0, 0.05) is 24.2 Å². The fourth-order valence-electron chi connectivity index (χ4n) is 2.15. The average Bonchev–Trinajstić information content (AvgIpc) is 2.81. The first-order valence-corrected chi connectivity index (χ1v) is 5.55. The molecule has 0 radical (unpaired) electrons. The average molecular weight is 255 g/mol. The third-order valence-corrected chi connectivity index (χ3v) is 3.16. The first kappa shape index (κ1) is 12.6. The van der Waals surface area contributed by atoms with Gasteiger partial charge in [-0.3, -0.25) is 4.79 Å². The van der Waals surface area contributed by atoms with E-state index >= 15 is 0 Å². The fraction of sp³-hybridized carbons (Fsp3) is 0.417. The van der Waals surface area contributed by atoms with Crippen molar-refractivity contribution < 1.29 is 24.1 Å². The Balaban J connectivity index is 2.25. The van der Waals surface area contributed by atoms with E-state index in [-0.39, 0.29) is 17.5 Å². The number of aliphatic carboxylic acids is 1. The van der Waals surface area contributed by atoms with Crippen molar-refractivity contribution in [3.63, 3.8) is 0 Å². The van der Waals surface area contributed by atoms with Gasteiger partial charge in [0.05, 0.1) is 13.0 Å². The van der Waals surface area contributed by atoms with Crippen molar-refractivity contribution in [1.29, 1.82) is 0 Å². The van der Waals surface area contributed by atoms with E-state index in [0.29, 0.717) is 18.5 Å². The molecule has 1 heterocycles. The lowest BCUT2D eigenvalue weighted by molar-refractivity contribution is -0.141. The van der Waals surface area contributed by atoms with Crippen LogP contribution < -0.4 is 10.1 Å². The van der Waals surface area contributed by atoms with Crippen LogP contribution in [0.3, 0.4) is 0 Å². The number of phenols is 1. The van der Waals surface area contributed by atoms with Crippen molar-refractivity contribution >= 4 is 5.97 Å². The summed E-state index contributed by atoms with van der Waals surface area (Å²) in [7, 11) is 1.31. The Labute approximate surface area is 103 Å². The lowest BCUT2D eigenvalue weighted by atomic mass is 9.99. The number of methoxy groups -OCH3 is 1. The predicted octanol–water partition coefficient (Wildman–Crippen LogP) is 1.28. The number of halogens is 1. The molecule has 2 unspecified atom stereocenters. The highest BCUT2D eigenvalue weighted by Gasteiger charge is 2.32. The van der Waals surface area contributed by atoms with Gasteiger partial charge in [0.1, 0.15) is 5.75 Å². The van der Waals surface area contributed by atoms with E-state index in [1.54, 1.807) is 0 Å². The van der Waals surface area contributed by atoms with E-state index < -0.39 is 17.7 Å². The van der Waals surface area contributed by atoms with Crippen LogP contribution in [-0.2, 0) is 4.79 Å². The highest BCUT2D eigenvalue weighted by molar-refractivity contribution is 5.71. The summed E-state index contributed by atoms with van der Waals surface area (Å²) in [5, 5.41) is 21.6. The number of nitrogens with one attached hydrogen (secondary N) is 1. The minimum Gasteiger partial charge on any atom is -0.507 e. The molecule has 2 atom stereocenters. The summed E-state index contributed by atoms with van der Waals surface area (Å²) in [5.41, 5.74) is 0.358. The summed E-state index contributed by atoms with van der Waals surface area (Å²) >= 11 is 0. The van der Waals surface area contributed by atoms with Gasteiger partial charge in [-0.05, 0) is 12.5 Å². The first-order chi connectivity index (χ1) is 8.52. The molecule has 1 aromatic carbocycles. The molecule has 1 saturated heterocycles. The van der Waals surface area contributed by atoms with Crippen molar-refractivity contribution in [1.82, 2.24) is 5.32 Å². The summed E-state index contributed by atoms with van der Waals surface area (Å²) in [6.45, 7) is 0.313. The topological polar surface area (TPSA) is 78.8 Å². The smallest absolute Gasteiger partial charge is 0.307 e. The summed E-state index contributed by atoms with van der Waals surface area (Å²) in [6, 6.07) is 2.02. The lowest BCUT2D eigenvalue weighted by Gasteiger charge is -2.14. The Morgan fingerprint density at radius 1 is 1.56 bits per heavy atom. The van der Waals surface area contributed by atoms with E-state index in [1.807, 2.05) is 0 Å². The summed E-state index contributed by atoms with van der Waals surface area (Å²) in [4.78, 5) is 10.8. The van der Waals surface area contributed by atoms with Crippen LogP contribution in [-0.4, -0.2) is 29.8 Å². The zero-order valence-electron chi connectivity index (χ0n) is 9.81. The lowest BCUT2D eigenvalue weighted by Crippen LogP contribution is -2.17. The summed E-state index contributed by atoms with van der Waals surface area (Å²) < 4.78 is 18.3. The molecule has 18 heavy (non-hydrogen) atoms. The number of carbonyl (C=O) groups is 1. The number of phenolic OH excluding ortho intramolecular Hbond substituents is 1. The normalized spacial score (nSPS) is 23.0. The second-order valence-corrected chi connectivity index (χ2v) is 4.28. The molecule has 3 N–H and O–H groups in total. The van der Waals surface area contributed by atoms with E-state index in [1.165, 1.54) is 19.2 Å². The maximum absolute atomic E-state index is 13.6. The Morgan fingerprint density at radius 2 is 2.28 bits per heavy atom. The Bertz CT molecular complexity index is 477. The second kappa shape index (κ2) is 4.81. The van der Waals surface area contributed by atoms with E-state index in [2.05, 4.69) is 5.32 Å². The van der Waals surface area contributed by atoms with Crippen molar-refractivity contribution in [2.45, 2.75) is 12.5 Å². The molecule has 0 spiro atoms.